The van der Waals surface area contributed by atoms with Crippen molar-refractivity contribution in [2.24, 2.45) is 0 Å². The van der Waals surface area contributed by atoms with E-state index in [1.165, 1.54) is 17.0 Å². The molecule has 31 heavy (non-hydrogen) atoms. The number of carbonyl (C=O) groups excluding carboxylic acids is 1. The number of nitrogens with one attached hydrogen (secondary N) is 2. The van der Waals surface area contributed by atoms with Crippen LogP contribution in [0.2, 0.25) is 0 Å². The van der Waals surface area contributed by atoms with Gasteiger partial charge < -0.3 is 9.73 Å². The van der Waals surface area contributed by atoms with Crippen LogP contribution in [0, 0.1) is 18.6 Å². The molecular weight excluding hydrogens is 408 g/mol. The SMILES string of the molecule is CCc1c(C)nc(-n2nc(-c3ccco3)cc2NC(=O)c2ccc(F)c(F)c2)[nH]c1=O. The van der Waals surface area contributed by atoms with Crippen molar-refractivity contribution in [1.29, 1.82) is 0 Å². The van der Waals surface area contributed by atoms with Crippen molar-refractivity contribution < 1.29 is 18.0 Å². The summed E-state index contributed by atoms with van der Waals surface area (Å²) in [7, 11) is 0. The summed E-state index contributed by atoms with van der Waals surface area (Å²) in [5, 5.41) is 6.97. The van der Waals surface area contributed by atoms with Crippen LogP contribution in [0.4, 0.5) is 14.6 Å². The van der Waals surface area contributed by atoms with E-state index in [0.717, 1.165) is 18.2 Å². The third kappa shape index (κ3) is 3.87. The maximum atomic E-state index is 13.5. The van der Waals surface area contributed by atoms with Crippen molar-refractivity contribution in [3.05, 3.63) is 81.5 Å². The molecule has 0 unspecified atom stereocenters. The maximum Gasteiger partial charge on any atom is 0.256 e. The molecule has 0 atom stereocenters. The zero-order valence-electron chi connectivity index (χ0n) is 16.6. The molecule has 0 fully saturated rings. The number of furan rings is 1. The van der Waals surface area contributed by atoms with Crippen LogP contribution in [-0.2, 0) is 6.42 Å². The fourth-order valence-corrected chi connectivity index (χ4v) is 3.11. The molecule has 0 spiro atoms. The van der Waals surface area contributed by atoms with Gasteiger partial charge in [0.1, 0.15) is 11.5 Å². The smallest absolute Gasteiger partial charge is 0.256 e. The van der Waals surface area contributed by atoms with E-state index >= 15 is 0 Å². The fourth-order valence-electron chi connectivity index (χ4n) is 3.11. The zero-order chi connectivity index (χ0) is 22.1. The lowest BCUT2D eigenvalue weighted by molar-refractivity contribution is 0.102. The van der Waals surface area contributed by atoms with E-state index in [9.17, 15) is 18.4 Å². The van der Waals surface area contributed by atoms with E-state index in [1.807, 2.05) is 6.92 Å². The highest BCUT2D eigenvalue weighted by Crippen LogP contribution is 2.24. The van der Waals surface area contributed by atoms with Crippen LogP contribution < -0.4 is 10.9 Å². The van der Waals surface area contributed by atoms with Crippen molar-refractivity contribution in [3.63, 3.8) is 0 Å². The van der Waals surface area contributed by atoms with Crippen LogP contribution in [0.25, 0.3) is 17.4 Å². The van der Waals surface area contributed by atoms with Gasteiger partial charge in [-0.25, -0.2) is 13.8 Å². The van der Waals surface area contributed by atoms with Gasteiger partial charge in [-0.3, -0.25) is 14.6 Å². The Morgan fingerprint density at radius 3 is 2.68 bits per heavy atom. The molecule has 1 amide bonds. The molecule has 0 saturated heterocycles. The third-order valence-electron chi connectivity index (χ3n) is 4.67. The molecule has 0 aliphatic heterocycles. The molecule has 0 bridgehead atoms. The second-order valence-corrected chi connectivity index (χ2v) is 6.69. The summed E-state index contributed by atoms with van der Waals surface area (Å²) in [6.45, 7) is 3.55. The first-order chi connectivity index (χ1) is 14.9. The molecule has 8 nitrogen and oxygen atoms in total. The number of amides is 1. The zero-order valence-corrected chi connectivity index (χ0v) is 16.6. The second-order valence-electron chi connectivity index (χ2n) is 6.69. The quantitative estimate of drug-likeness (QED) is 0.508. The number of hydrogen-bond acceptors (Lipinski definition) is 5. The van der Waals surface area contributed by atoms with Crippen molar-refractivity contribution in [1.82, 2.24) is 19.7 Å². The number of aryl methyl sites for hydroxylation is 1. The van der Waals surface area contributed by atoms with Crippen LogP contribution in [0.15, 0.2) is 51.9 Å². The number of rotatable bonds is 5. The lowest BCUT2D eigenvalue weighted by Gasteiger charge is -2.10. The van der Waals surface area contributed by atoms with Crippen LogP contribution in [-0.4, -0.2) is 25.7 Å². The summed E-state index contributed by atoms with van der Waals surface area (Å²) in [5.74, 6) is -2.25. The molecule has 10 heteroatoms. The molecule has 4 rings (SSSR count). The largest absolute Gasteiger partial charge is 0.463 e. The summed E-state index contributed by atoms with van der Waals surface area (Å²) in [4.78, 5) is 32.1. The Morgan fingerprint density at radius 2 is 2.03 bits per heavy atom. The van der Waals surface area contributed by atoms with Gasteiger partial charge in [-0.15, -0.1) is 0 Å². The Bertz CT molecular complexity index is 1330. The highest BCUT2D eigenvalue weighted by Gasteiger charge is 2.19. The van der Waals surface area contributed by atoms with E-state index in [2.05, 4.69) is 20.4 Å². The monoisotopic (exact) mass is 425 g/mol. The number of halogens is 2. The summed E-state index contributed by atoms with van der Waals surface area (Å²) in [5.41, 5.74) is 1.01. The van der Waals surface area contributed by atoms with Crippen LogP contribution >= 0.6 is 0 Å². The van der Waals surface area contributed by atoms with Gasteiger partial charge >= 0.3 is 0 Å². The molecule has 0 aliphatic rings. The molecule has 3 heterocycles. The van der Waals surface area contributed by atoms with Gasteiger partial charge in [0.05, 0.1) is 6.26 Å². The van der Waals surface area contributed by atoms with Crippen LogP contribution in [0.3, 0.4) is 0 Å². The van der Waals surface area contributed by atoms with Crippen molar-refractivity contribution in [2.45, 2.75) is 20.3 Å². The number of carbonyl (C=O) groups is 1. The number of benzene rings is 1. The Hall–Kier alpha value is -4.08. The van der Waals surface area contributed by atoms with Gasteiger partial charge in [-0.2, -0.15) is 9.78 Å². The first-order valence-electron chi connectivity index (χ1n) is 9.38. The molecular formula is C21H17F2N5O3. The predicted octanol–water partition coefficient (Wildman–Crippen LogP) is 3.62. The third-order valence-corrected chi connectivity index (χ3v) is 4.67. The Kier molecular flexibility index (Phi) is 5.20. The number of hydrogen-bond donors (Lipinski definition) is 2. The number of aromatic nitrogens is 4. The molecule has 4 aromatic rings. The Balaban J connectivity index is 1.79. The van der Waals surface area contributed by atoms with E-state index in [1.54, 1.807) is 19.1 Å². The lowest BCUT2D eigenvalue weighted by Crippen LogP contribution is -2.22. The number of anilines is 1. The van der Waals surface area contributed by atoms with Crippen molar-refractivity contribution in [2.75, 3.05) is 5.32 Å². The van der Waals surface area contributed by atoms with Crippen molar-refractivity contribution in [3.8, 4) is 17.4 Å². The minimum Gasteiger partial charge on any atom is -0.463 e. The molecule has 2 N–H and O–H groups in total. The molecule has 158 valence electrons. The summed E-state index contributed by atoms with van der Waals surface area (Å²) < 4.78 is 33.3. The van der Waals surface area contributed by atoms with Crippen LogP contribution in [0.5, 0.6) is 0 Å². The fraction of sp³-hybridized carbons (Fsp3) is 0.143. The minimum absolute atomic E-state index is 0.0816. The van der Waals surface area contributed by atoms with E-state index in [4.69, 9.17) is 4.42 Å². The first kappa shape index (κ1) is 20.2. The summed E-state index contributed by atoms with van der Waals surface area (Å²) in [6.07, 6.45) is 1.97. The maximum absolute atomic E-state index is 13.5. The first-order valence-corrected chi connectivity index (χ1v) is 9.38. The van der Waals surface area contributed by atoms with E-state index in [0.29, 0.717) is 29.1 Å². The summed E-state index contributed by atoms with van der Waals surface area (Å²) >= 11 is 0. The molecule has 1 aromatic carbocycles. The normalized spacial score (nSPS) is 11.0. The molecule has 0 aliphatic carbocycles. The van der Waals surface area contributed by atoms with Crippen molar-refractivity contribution >= 4 is 11.7 Å². The molecule has 0 saturated carbocycles. The topological polar surface area (TPSA) is 106 Å². The van der Waals surface area contributed by atoms with Gasteiger partial charge in [-0.1, -0.05) is 6.92 Å². The molecule has 0 radical (unpaired) electrons. The average Bonchev–Trinajstić information content (AvgIpc) is 3.39. The van der Waals surface area contributed by atoms with Gasteiger partial charge in [0.2, 0.25) is 5.95 Å². The number of nitrogens with zero attached hydrogens (tertiary/aromatic N) is 3. The van der Waals surface area contributed by atoms with Gasteiger partial charge in [-0.05, 0) is 43.7 Å². The van der Waals surface area contributed by atoms with E-state index < -0.39 is 17.5 Å². The summed E-state index contributed by atoms with van der Waals surface area (Å²) in [6, 6.07) is 7.67. The standard InChI is InChI=1S/C21H17F2N5O3/c1-3-13-11(2)24-21(26-20(13)30)28-18(10-16(27-28)17-5-4-8-31-17)25-19(29)12-6-7-14(22)15(23)9-12/h4-10H,3H2,1-2H3,(H,25,29)(H,24,26,30). The number of aromatic amines is 1. The van der Waals surface area contributed by atoms with E-state index in [-0.39, 0.29) is 22.9 Å². The van der Waals surface area contributed by atoms with Crippen LogP contribution in [0.1, 0.15) is 28.5 Å². The van der Waals surface area contributed by atoms with Gasteiger partial charge in [0.25, 0.3) is 11.5 Å². The predicted molar refractivity (Wildman–Crippen MR) is 108 cm³/mol. The van der Waals surface area contributed by atoms with Gasteiger partial charge in [0.15, 0.2) is 17.4 Å². The molecule has 3 aromatic heterocycles. The second kappa shape index (κ2) is 7.98. The number of H-pyrrole nitrogens is 1. The van der Waals surface area contributed by atoms with Gasteiger partial charge in [0, 0.05) is 22.9 Å². The Morgan fingerprint density at radius 1 is 1.23 bits per heavy atom. The minimum atomic E-state index is -1.14. The Labute approximate surface area is 174 Å². The average molecular weight is 425 g/mol. The highest BCUT2D eigenvalue weighted by molar-refractivity contribution is 6.04. The highest BCUT2D eigenvalue weighted by atomic mass is 19.2. The lowest BCUT2D eigenvalue weighted by atomic mass is 10.2.